The van der Waals surface area contributed by atoms with Gasteiger partial charge in [0.05, 0.1) is 12.5 Å². The molecule has 0 radical (unpaired) electrons. The second kappa shape index (κ2) is 12.6. The van der Waals surface area contributed by atoms with Crippen LogP contribution >= 0.6 is 0 Å². The highest BCUT2D eigenvalue weighted by atomic mass is 16.5. The van der Waals surface area contributed by atoms with Crippen molar-refractivity contribution >= 4 is 5.97 Å². The largest absolute Gasteiger partial charge is 0.492 e. The first kappa shape index (κ1) is 25.1. The lowest BCUT2D eigenvalue weighted by molar-refractivity contribution is -0.140. The lowest BCUT2D eigenvalue weighted by Crippen LogP contribution is -2.30. The van der Waals surface area contributed by atoms with E-state index in [2.05, 4.69) is 13.8 Å². The van der Waals surface area contributed by atoms with Gasteiger partial charge >= 0.3 is 5.97 Å². The maximum absolute atomic E-state index is 12.9. The fourth-order valence-electron chi connectivity index (χ4n) is 5.69. The van der Waals surface area contributed by atoms with E-state index in [1.165, 1.54) is 38.5 Å². The number of nitriles is 2. The molecule has 0 aliphatic heterocycles. The molecule has 0 bridgehead atoms. The minimum absolute atomic E-state index is 0.0809. The van der Waals surface area contributed by atoms with Crippen molar-refractivity contribution in [3.8, 4) is 23.6 Å². The van der Waals surface area contributed by atoms with Gasteiger partial charge in [0, 0.05) is 0 Å². The first-order chi connectivity index (χ1) is 16.1. The molecular weight excluding hydrogens is 412 g/mol. The SMILES string of the molecule is CCCCOc1ccc(OC(=O)C2CCC(C3CCC(CCC)CC3)CC2)c(C#N)c1C#N. The standard InChI is InChI=1S/C28H38N2O3/c1-3-5-17-32-26-15-16-27(25(19-30)24(26)18-29)33-28(31)23-13-11-22(12-14-23)21-9-7-20(6-4-2)8-10-21/h15-16,20-23H,3-14,17H2,1-2H3. The van der Waals surface area contributed by atoms with Gasteiger partial charge in [0.25, 0.3) is 0 Å². The molecule has 2 aliphatic carbocycles. The molecule has 0 aromatic heterocycles. The van der Waals surface area contributed by atoms with Crippen molar-refractivity contribution in [2.75, 3.05) is 6.61 Å². The molecule has 2 fully saturated rings. The van der Waals surface area contributed by atoms with Crippen LogP contribution in [0.3, 0.4) is 0 Å². The van der Waals surface area contributed by atoms with Crippen LogP contribution in [0.5, 0.6) is 11.5 Å². The van der Waals surface area contributed by atoms with Gasteiger partial charge in [-0.05, 0) is 74.8 Å². The number of carbonyl (C=O) groups is 1. The van der Waals surface area contributed by atoms with Crippen LogP contribution in [-0.2, 0) is 4.79 Å². The third-order valence-electron chi connectivity index (χ3n) is 7.68. The van der Waals surface area contributed by atoms with Crippen molar-refractivity contribution in [2.24, 2.45) is 23.7 Å². The van der Waals surface area contributed by atoms with E-state index in [1.807, 2.05) is 12.1 Å². The zero-order chi connectivity index (χ0) is 23.6. The van der Waals surface area contributed by atoms with Crippen LogP contribution in [0.1, 0.15) is 102 Å². The van der Waals surface area contributed by atoms with Crippen molar-refractivity contribution in [1.82, 2.24) is 0 Å². The second-order valence-electron chi connectivity index (χ2n) is 9.84. The molecule has 0 amide bonds. The number of nitrogens with zero attached hydrogens (tertiary/aromatic N) is 2. The topological polar surface area (TPSA) is 83.1 Å². The summed E-state index contributed by atoms with van der Waals surface area (Å²) in [5.41, 5.74) is 0.221. The zero-order valence-corrected chi connectivity index (χ0v) is 20.3. The summed E-state index contributed by atoms with van der Waals surface area (Å²) < 4.78 is 11.3. The highest BCUT2D eigenvalue weighted by Crippen LogP contribution is 2.42. The number of rotatable bonds is 9. The van der Waals surface area contributed by atoms with Crippen LogP contribution in [0.2, 0.25) is 0 Å². The van der Waals surface area contributed by atoms with Gasteiger partial charge in [-0.2, -0.15) is 10.5 Å². The van der Waals surface area contributed by atoms with E-state index in [0.717, 1.165) is 56.3 Å². The van der Waals surface area contributed by atoms with Crippen LogP contribution in [0, 0.1) is 46.3 Å². The van der Waals surface area contributed by atoms with E-state index in [4.69, 9.17) is 9.47 Å². The van der Waals surface area contributed by atoms with Crippen LogP contribution in [0.25, 0.3) is 0 Å². The Morgan fingerprint density at radius 2 is 1.45 bits per heavy atom. The molecule has 1 aromatic rings. The van der Waals surface area contributed by atoms with E-state index in [9.17, 15) is 15.3 Å². The van der Waals surface area contributed by atoms with Gasteiger partial charge in [-0.1, -0.05) is 46.0 Å². The normalized spacial score (nSPS) is 25.0. The summed E-state index contributed by atoms with van der Waals surface area (Å²) in [4.78, 5) is 12.9. The van der Waals surface area contributed by atoms with Crippen LogP contribution < -0.4 is 9.47 Å². The van der Waals surface area contributed by atoms with Crippen molar-refractivity contribution < 1.29 is 14.3 Å². The first-order valence-corrected chi connectivity index (χ1v) is 12.9. The molecule has 178 valence electrons. The molecule has 0 saturated heterocycles. The molecule has 5 nitrogen and oxygen atoms in total. The molecule has 33 heavy (non-hydrogen) atoms. The number of ether oxygens (including phenoxy) is 2. The van der Waals surface area contributed by atoms with Crippen molar-refractivity contribution in [2.45, 2.75) is 90.9 Å². The predicted octanol–water partition coefficient (Wildman–Crippen LogP) is 6.93. The minimum atomic E-state index is -0.278. The number of unbranched alkanes of at least 4 members (excludes halogenated alkanes) is 1. The maximum atomic E-state index is 12.9. The van der Waals surface area contributed by atoms with Gasteiger partial charge in [0.2, 0.25) is 0 Å². The summed E-state index contributed by atoms with van der Waals surface area (Å²) in [5, 5.41) is 19.2. The van der Waals surface area contributed by atoms with Gasteiger partial charge in [0.15, 0.2) is 0 Å². The number of carbonyl (C=O) groups excluding carboxylic acids is 1. The van der Waals surface area contributed by atoms with E-state index in [1.54, 1.807) is 12.1 Å². The molecular formula is C28H38N2O3. The molecule has 0 spiro atoms. The Morgan fingerprint density at radius 3 is 2.03 bits per heavy atom. The monoisotopic (exact) mass is 450 g/mol. The number of hydrogen-bond acceptors (Lipinski definition) is 5. The second-order valence-corrected chi connectivity index (χ2v) is 9.84. The predicted molar refractivity (Wildman–Crippen MR) is 128 cm³/mol. The van der Waals surface area contributed by atoms with E-state index >= 15 is 0 Å². The summed E-state index contributed by atoms with van der Waals surface area (Å²) in [6.07, 6.45) is 13.8. The molecule has 1 aromatic carbocycles. The zero-order valence-electron chi connectivity index (χ0n) is 20.3. The average Bonchev–Trinajstić information content (AvgIpc) is 2.85. The molecule has 2 aliphatic rings. The quantitative estimate of drug-likeness (QED) is 0.231. The molecule has 3 rings (SSSR count). The summed E-state index contributed by atoms with van der Waals surface area (Å²) in [7, 11) is 0. The van der Waals surface area contributed by atoms with E-state index < -0.39 is 0 Å². The molecule has 2 saturated carbocycles. The molecule has 0 atom stereocenters. The number of esters is 1. The van der Waals surface area contributed by atoms with Crippen molar-refractivity contribution in [3.05, 3.63) is 23.3 Å². The van der Waals surface area contributed by atoms with Gasteiger partial charge in [-0.3, -0.25) is 4.79 Å². The Hall–Kier alpha value is -2.53. The lowest BCUT2D eigenvalue weighted by Gasteiger charge is -2.37. The maximum Gasteiger partial charge on any atom is 0.314 e. The van der Waals surface area contributed by atoms with Crippen molar-refractivity contribution in [1.29, 1.82) is 10.5 Å². The van der Waals surface area contributed by atoms with Gasteiger partial charge in [-0.25, -0.2) is 0 Å². The van der Waals surface area contributed by atoms with Gasteiger partial charge < -0.3 is 9.47 Å². The molecule has 0 unspecified atom stereocenters. The Bertz CT molecular complexity index is 866. The van der Waals surface area contributed by atoms with E-state index in [-0.39, 0.29) is 28.8 Å². The summed E-state index contributed by atoms with van der Waals surface area (Å²) >= 11 is 0. The Balaban J connectivity index is 1.56. The third-order valence-corrected chi connectivity index (χ3v) is 7.68. The Kier molecular flexibility index (Phi) is 9.61. The fourth-order valence-corrected chi connectivity index (χ4v) is 5.69. The third kappa shape index (κ3) is 6.50. The van der Waals surface area contributed by atoms with Crippen LogP contribution in [0.4, 0.5) is 0 Å². The van der Waals surface area contributed by atoms with Crippen molar-refractivity contribution in [3.63, 3.8) is 0 Å². The lowest BCUT2D eigenvalue weighted by atomic mass is 9.69. The summed E-state index contributed by atoms with van der Waals surface area (Å²) in [5.74, 6) is 2.61. The van der Waals surface area contributed by atoms with Crippen LogP contribution in [-0.4, -0.2) is 12.6 Å². The van der Waals surface area contributed by atoms with Gasteiger partial charge in [-0.15, -0.1) is 0 Å². The summed E-state index contributed by atoms with van der Waals surface area (Å²) in [6, 6.07) is 7.30. The molecule has 5 heteroatoms. The average molecular weight is 451 g/mol. The smallest absolute Gasteiger partial charge is 0.314 e. The Labute approximate surface area is 199 Å². The van der Waals surface area contributed by atoms with E-state index in [0.29, 0.717) is 12.4 Å². The molecule has 0 heterocycles. The Morgan fingerprint density at radius 1 is 0.879 bits per heavy atom. The van der Waals surface area contributed by atoms with Crippen LogP contribution in [0.15, 0.2) is 12.1 Å². The van der Waals surface area contributed by atoms with Gasteiger partial charge in [0.1, 0.15) is 34.8 Å². The highest BCUT2D eigenvalue weighted by molar-refractivity contribution is 5.77. The number of benzene rings is 1. The fraction of sp³-hybridized carbons (Fsp3) is 0.679. The molecule has 0 N–H and O–H groups in total. The minimum Gasteiger partial charge on any atom is -0.492 e. The summed E-state index contributed by atoms with van der Waals surface area (Å²) in [6.45, 7) is 4.82. The first-order valence-electron chi connectivity index (χ1n) is 12.9. The highest BCUT2D eigenvalue weighted by Gasteiger charge is 2.34. The number of hydrogen-bond donors (Lipinski definition) is 0.